The second-order valence-electron chi connectivity index (χ2n) is 4.29. The van der Waals surface area contributed by atoms with Crippen LogP contribution in [0.15, 0.2) is 41.0 Å². The first-order valence-electron chi connectivity index (χ1n) is 6.04. The van der Waals surface area contributed by atoms with Crippen molar-refractivity contribution >= 4 is 44.5 Å². The van der Waals surface area contributed by atoms with E-state index in [-0.39, 0.29) is 6.61 Å². The molecule has 0 aliphatic heterocycles. The van der Waals surface area contributed by atoms with Crippen LogP contribution in [-0.2, 0) is 11.3 Å². The van der Waals surface area contributed by atoms with E-state index in [9.17, 15) is 4.79 Å². The largest absolute Gasteiger partial charge is 0.454 e. The van der Waals surface area contributed by atoms with Crippen LogP contribution >= 0.6 is 27.5 Å². The number of hydrogen-bond acceptors (Lipinski definition) is 4. The Balaban J connectivity index is 1.71. The van der Waals surface area contributed by atoms with Crippen LogP contribution in [0.4, 0.5) is 0 Å². The number of hydrogen-bond donors (Lipinski definition) is 1. The summed E-state index contributed by atoms with van der Waals surface area (Å²) < 4.78 is 6.14. The molecule has 2 heterocycles. The minimum absolute atomic E-state index is 0.0633. The standard InChI is InChI=1S/C14H9BrClN3O2/c15-9-2-3-10-11(5-9)19-13(18-10)7-21-14(20)8-1-4-12(16)17-6-8/h1-6H,7H2,(H,18,19). The molecule has 0 aliphatic carbocycles. The molecule has 0 saturated heterocycles. The van der Waals surface area contributed by atoms with Crippen molar-refractivity contribution < 1.29 is 9.53 Å². The van der Waals surface area contributed by atoms with Gasteiger partial charge in [-0.3, -0.25) is 0 Å². The number of fused-ring (bicyclic) bond motifs is 1. The molecule has 0 saturated carbocycles. The average Bonchev–Trinajstić information content (AvgIpc) is 2.87. The number of aromatic amines is 1. The van der Waals surface area contributed by atoms with Crippen LogP contribution in [0.5, 0.6) is 0 Å². The van der Waals surface area contributed by atoms with Gasteiger partial charge in [-0.1, -0.05) is 27.5 Å². The third-order valence-corrected chi connectivity index (χ3v) is 3.51. The van der Waals surface area contributed by atoms with E-state index in [4.69, 9.17) is 16.3 Å². The Labute approximate surface area is 133 Å². The lowest BCUT2D eigenvalue weighted by Gasteiger charge is -2.02. The van der Waals surface area contributed by atoms with E-state index in [2.05, 4.69) is 30.9 Å². The van der Waals surface area contributed by atoms with Crippen LogP contribution in [0.2, 0.25) is 5.15 Å². The van der Waals surface area contributed by atoms with E-state index in [1.54, 1.807) is 6.07 Å². The van der Waals surface area contributed by atoms with Crippen LogP contribution in [0.3, 0.4) is 0 Å². The van der Waals surface area contributed by atoms with Crippen molar-refractivity contribution in [3.8, 4) is 0 Å². The van der Waals surface area contributed by atoms with Crippen LogP contribution in [0, 0.1) is 0 Å². The molecule has 5 nitrogen and oxygen atoms in total. The zero-order valence-electron chi connectivity index (χ0n) is 10.6. The number of nitrogens with zero attached hydrogens (tertiary/aromatic N) is 2. The van der Waals surface area contributed by atoms with Crippen molar-refractivity contribution in [2.24, 2.45) is 0 Å². The molecule has 0 unspecified atom stereocenters. The number of rotatable bonds is 3. The molecule has 0 atom stereocenters. The fraction of sp³-hybridized carbons (Fsp3) is 0.0714. The van der Waals surface area contributed by atoms with E-state index < -0.39 is 5.97 Å². The lowest BCUT2D eigenvalue weighted by molar-refractivity contribution is 0.0463. The summed E-state index contributed by atoms with van der Waals surface area (Å²) in [7, 11) is 0. The molecule has 3 rings (SSSR count). The molecule has 0 aliphatic rings. The molecule has 7 heteroatoms. The number of pyridine rings is 1. The minimum atomic E-state index is -0.471. The Morgan fingerprint density at radius 1 is 1.33 bits per heavy atom. The number of nitrogens with one attached hydrogen (secondary N) is 1. The van der Waals surface area contributed by atoms with Gasteiger partial charge in [0.2, 0.25) is 0 Å². The summed E-state index contributed by atoms with van der Waals surface area (Å²) in [4.78, 5) is 23.1. The zero-order valence-corrected chi connectivity index (χ0v) is 13.0. The number of aromatic nitrogens is 3. The maximum Gasteiger partial charge on any atom is 0.340 e. The van der Waals surface area contributed by atoms with Gasteiger partial charge in [-0.25, -0.2) is 14.8 Å². The predicted molar refractivity (Wildman–Crippen MR) is 82.2 cm³/mol. The number of esters is 1. The van der Waals surface area contributed by atoms with Gasteiger partial charge in [0, 0.05) is 10.7 Å². The molecule has 106 valence electrons. The molecule has 1 N–H and O–H groups in total. The Morgan fingerprint density at radius 3 is 2.95 bits per heavy atom. The second kappa shape index (κ2) is 5.83. The van der Waals surface area contributed by atoms with Gasteiger partial charge >= 0.3 is 5.97 Å². The maximum atomic E-state index is 11.8. The molecular formula is C14H9BrClN3O2. The Kier molecular flexibility index (Phi) is 3.90. The lowest BCUT2D eigenvalue weighted by atomic mass is 10.3. The molecule has 0 fully saturated rings. The third kappa shape index (κ3) is 3.22. The van der Waals surface area contributed by atoms with Crippen molar-refractivity contribution in [3.63, 3.8) is 0 Å². The average molecular weight is 367 g/mol. The van der Waals surface area contributed by atoms with Crippen molar-refractivity contribution in [2.75, 3.05) is 0 Å². The van der Waals surface area contributed by atoms with Gasteiger partial charge in [0.1, 0.15) is 17.6 Å². The van der Waals surface area contributed by atoms with Gasteiger partial charge in [0.05, 0.1) is 16.6 Å². The van der Waals surface area contributed by atoms with Crippen LogP contribution in [0.25, 0.3) is 11.0 Å². The summed E-state index contributed by atoms with van der Waals surface area (Å²) in [6.45, 7) is 0.0633. The van der Waals surface area contributed by atoms with Crippen LogP contribution < -0.4 is 0 Å². The summed E-state index contributed by atoms with van der Waals surface area (Å²) in [5, 5.41) is 0.328. The summed E-state index contributed by atoms with van der Waals surface area (Å²) in [5.74, 6) is 0.110. The smallest absolute Gasteiger partial charge is 0.340 e. The molecule has 21 heavy (non-hydrogen) atoms. The van der Waals surface area contributed by atoms with Crippen LogP contribution in [-0.4, -0.2) is 20.9 Å². The highest BCUT2D eigenvalue weighted by molar-refractivity contribution is 9.10. The SMILES string of the molecule is O=C(OCc1nc2ccc(Br)cc2[nH]1)c1ccc(Cl)nc1. The summed E-state index contributed by atoms with van der Waals surface area (Å²) in [6.07, 6.45) is 1.38. The Morgan fingerprint density at radius 2 is 2.19 bits per heavy atom. The predicted octanol–water partition coefficient (Wildman–Crippen LogP) is 3.73. The Bertz CT molecular complexity index is 802. The van der Waals surface area contributed by atoms with Gasteiger partial charge in [-0.2, -0.15) is 0 Å². The van der Waals surface area contributed by atoms with E-state index in [0.29, 0.717) is 16.5 Å². The van der Waals surface area contributed by atoms with Gasteiger partial charge in [-0.15, -0.1) is 0 Å². The van der Waals surface area contributed by atoms with Gasteiger partial charge in [0.25, 0.3) is 0 Å². The van der Waals surface area contributed by atoms with Gasteiger partial charge in [-0.05, 0) is 30.3 Å². The molecule has 2 aromatic heterocycles. The summed E-state index contributed by atoms with van der Waals surface area (Å²) >= 11 is 9.05. The highest BCUT2D eigenvalue weighted by atomic mass is 79.9. The first kappa shape index (κ1) is 14.0. The number of carbonyl (C=O) groups is 1. The highest BCUT2D eigenvalue weighted by Crippen LogP contribution is 2.18. The molecule has 0 radical (unpaired) electrons. The van der Waals surface area contributed by atoms with Crippen LogP contribution in [0.1, 0.15) is 16.2 Å². The molecule has 1 aromatic carbocycles. The Hall–Kier alpha value is -1.92. The molecule has 0 bridgehead atoms. The molecular weight excluding hydrogens is 358 g/mol. The van der Waals surface area contributed by atoms with Gasteiger partial charge in [0.15, 0.2) is 0 Å². The minimum Gasteiger partial charge on any atom is -0.454 e. The number of halogens is 2. The number of carbonyl (C=O) groups excluding carboxylic acids is 1. The number of benzene rings is 1. The normalized spacial score (nSPS) is 10.8. The summed E-state index contributed by atoms with van der Waals surface area (Å²) in [6, 6.07) is 8.80. The molecule has 3 aromatic rings. The van der Waals surface area contributed by atoms with E-state index in [1.165, 1.54) is 12.3 Å². The fourth-order valence-electron chi connectivity index (χ4n) is 1.82. The highest BCUT2D eigenvalue weighted by Gasteiger charge is 2.10. The van der Waals surface area contributed by atoms with Crippen molar-refractivity contribution in [1.29, 1.82) is 0 Å². The number of imidazole rings is 1. The van der Waals surface area contributed by atoms with E-state index in [1.807, 2.05) is 18.2 Å². The quantitative estimate of drug-likeness (QED) is 0.566. The van der Waals surface area contributed by atoms with E-state index >= 15 is 0 Å². The van der Waals surface area contributed by atoms with Crippen molar-refractivity contribution in [1.82, 2.24) is 15.0 Å². The summed E-state index contributed by atoms with van der Waals surface area (Å²) in [5.41, 5.74) is 2.04. The zero-order chi connectivity index (χ0) is 14.8. The molecule has 0 spiro atoms. The third-order valence-electron chi connectivity index (χ3n) is 2.80. The molecule has 0 amide bonds. The van der Waals surface area contributed by atoms with Crippen molar-refractivity contribution in [2.45, 2.75) is 6.61 Å². The lowest BCUT2D eigenvalue weighted by Crippen LogP contribution is -2.06. The topological polar surface area (TPSA) is 67.9 Å². The fourth-order valence-corrected chi connectivity index (χ4v) is 2.29. The van der Waals surface area contributed by atoms with Crippen molar-refractivity contribution in [3.05, 3.63) is 57.5 Å². The monoisotopic (exact) mass is 365 g/mol. The maximum absolute atomic E-state index is 11.8. The van der Waals surface area contributed by atoms with Gasteiger partial charge < -0.3 is 9.72 Å². The first-order chi connectivity index (χ1) is 10.1. The second-order valence-corrected chi connectivity index (χ2v) is 5.59. The van der Waals surface area contributed by atoms with E-state index in [0.717, 1.165) is 15.5 Å². The number of H-pyrrole nitrogens is 1. The number of ether oxygens (including phenoxy) is 1. The first-order valence-corrected chi connectivity index (χ1v) is 7.22.